The smallest absolute Gasteiger partial charge is 0.141 e. The van der Waals surface area contributed by atoms with Gasteiger partial charge in [-0.3, -0.25) is 11.3 Å². The number of benzene rings is 2. The second kappa shape index (κ2) is 6.15. The number of hydrogen-bond acceptors (Lipinski definition) is 2. The van der Waals surface area contributed by atoms with Crippen LogP contribution >= 0.6 is 11.6 Å². The van der Waals surface area contributed by atoms with Crippen molar-refractivity contribution in [3.63, 3.8) is 0 Å². The molecule has 0 fully saturated rings. The number of hydrogen-bond donors (Lipinski definition) is 2. The summed E-state index contributed by atoms with van der Waals surface area (Å²) < 4.78 is 13.1. The van der Waals surface area contributed by atoms with E-state index >= 15 is 0 Å². The zero-order chi connectivity index (χ0) is 13.8. The van der Waals surface area contributed by atoms with Crippen LogP contribution in [-0.2, 0) is 6.42 Å². The lowest BCUT2D eigenvalue weighted by atomic mass is 9.98. The maximum atomic E-state index is 13.1. The molecule has 0 heterocycles. The summed E-state index contributed by atoms with van der Waals surface area (Å²) in [5.41, 5.74) is 6.01. The molecule has 0 saturated heterocycles. The Labute approximate surface area is 117 Å². The minimum atomic E-state index is -0.405. The first-order chi connectivity index (χ1) is 9.10. The van der Waals surface area contributed by atoms with Crippen molar-refractivity contribution < 1.29 is 4.39 Å². The maximum absolute atomic E-state index is 13.1. The fraction of sp³-hybridized carbons (Fsp3) is 0.200. The fourth-order valence-electron chi connectivity index (χ4n) is 1.97. The summed E-state index contributed by atoms with van der Waals surface area (Å²) in [4.78, 5) is 0. The van der Waals surface area contributed by atoms with Crippen LogP contribution in [-0.4, -0.2) is 0 Å². The van der Waals surface area contributed by atoms with Crippen molar-refractivity contribution in [2.45, 2.75) is 19.4 Å². The number of aryl methyl sites for hydroxylation is 1. The van der Waals surface area contributed by atoms with Gasteiger partial charge in [0.05, 0.1) is 5.02 Å². The molecular weight excluding hydrogens is 263 g/mol. The van der Waals surface area contributed by atoms with E-state index in [4.69, 9.17) is 17.4 Å². The molecule has 4 heteroatoms. The van der Waals surface area contributed by atoms with Gasteiger partial charge >= 0.3 is 0 Å². The Balaban J connectivity index is 2.18. The van der Waals surface area contributed by atoms with E-state index in [2.05, 4.69) is 5.43 Å². The van der Waals surface area contributed by atoms with Crippen molar-refractivity contribution in [3.05, 3.63) is 70.0 Å². The third kappa shape index (κ3) is 3.53. The average Bonchev–Trinajstić information content (AvgIpc) is 2.41. The van der Waals surface area contributed by atoms with Crippen LogP contribution in [0.5, 0.6) is 0 Å². The average molecular weight is 279 g/mol. The Morgan fingerprint density at radius 3 is 2.47 bits per heavy atom. The van der Waals surface area contributed by atoms with Gasteiger partial charge in [0.1, 0.15) is 5.82 Å². The molecule has 0 aliphatic heterocycles. The third-order valence-corrected chi connectivity index (χ3v) is 3.39. The lowest BCUT2D eigenvalue weighted by molar-refractivity contribution is 0.550. The number of halogens is 2. The van der Waals surface area contributed by atoms with Gasteiger partial charge in [-0.15, -0.1) is 0 Å². The van der Waals surface area contributed by atoms with Crippen LogP contribution in [0, 0.1) is 12.7 Å². The van der Waals surface area contributed by atoms with Crippen molar-refractivity contribution >= 4 is 11.6 Å². The Hall–Kier alpha value is -1.42. The van der Waals surface area contributed by atoms with Crippen molar-refractivity contribution in [3.8, 4) is 0 Å². The summed E-state index contributed by atoms with van der Waals surface area (Å²) in [6.07, 6.45) is 0.652. The second-order valence-electron chi connectivity index (χ2n) is 4.58. The molecule has 0 amide bonds. The van der Waals surface area contributed by atoms with E-state index in [1.165, 1.54) is 11.6 Å². The molecule has 0 saturated carbocycles. The number of nitrogens with two attached hydrogens (primary N) is 1. The lowest BCUT2D eigenvalue weighted by Gasteiger charge is -2.17. The normalized spacial score (nSPS) is 12.4. The maximum Gasteiger partial charge on any atom is 0.141 e. The van der Waals surface area contributed by atoms with Crippen LogP contribution in [0.4, 0.5) is 4.39 Å². The highest BCUT2D eigenvalue weighted by atomic mass is 35.5. The van der Waals surface area contributed by atoms with Gasteiger partial charge in [0.2, 0.25) is 0 Å². The number of hydrazine groups is 1. The molecule has 0 aromatic heterocycles. The summed E-state index contributed by atoms with van der Waals surface area (Å²) in [6, 6.07) is 12.8. The molecule has 0 radical (unpaired) electrons. The van der Waals surface area contributed by atoms with Crippen LogP contribution in [0.1, 0.15) is 22.7 Å². The van der Waals surface area contributed by atoms with Gasteiger partial charge in [0, 0.05) is 6.04 Å². The summed E-state index contributed by atoms with van der Waals surface area (Å²) in [6.45, 7) is 2.04. The molecule has 1 atom stereocenters. The van der Waals surface area contributed by atoms with E-state index in [0.29, 0.717) is 6.42 Å². The minimum absolute atomic E-state index is 0.0258. The van der Waals surface area contributed by atoms with Gasteiger partial charge in [-0.05, 0) is 36.6 Å². The zero-order valence-electron chi connectivity index (χ0n) is 10.7. The van der Waals surface area contributed by atoms with Crippen molar-refractivity contribution in [1.82, 2.24) is 5.43 Å². The summed E-state index contributed by atoms with van der Waals surface area (Å²) in [5, 5.41) is 0.136. The quantitative estimate of drug-likeness (QED) is 0.663. The van der Waals surface area contributed by atoms with Gasteiger partial charge < -0.3 is 0 Å². The number of rotatable bonds is 4. The minimum Gasteiger partial charge on any atom is -0.271 e. The van der Waals surface area contributed by atoms with Crippen molar-refractivity contribution in [2.24, 2.45) is 5.84 Å². The predicted molar refractivity (Wildman–Crippen MR) is 76.4 cm³/mol. The summed E-state index contributed by atoms with van der Waals surface area (Å²) >= 11 is 5.78. The fourth-order valence-corrected chi connectivity index (χ4v) is 2.18. The molecule has 0 aliphatic rings. The van der Waals surface area contributed by atoms with E-state index in [-0.39, 0.29) is 11.1 Å². The molecule has 1 unspecified atom stereocenters. The van der Waals surface area contributed by atoms with E-state index in [1.54, 1.807) is 12.1 Å². The monoisotopic (exact) mass is 278 g/mol. The molecule has 0 bridgehead atoms. The Kier molecular flexibility index (Phi) is 4.53. The number of nitrogens with one attached hydrogen (secondary N) is 1. The van der Waals surface area contributed by atoms with E-state index in [0.717, 1.165) is 11.1 Å². The van der Waals surface area contributed by atoms with Crippen LogP contribution in [0.3, 0.4) is 0 Å². The van der Waals surface area contributed by atoms with Gasteiger partial charge in [0.25, 0.3) is 0 Å². The lowest BCUT2D eigenvalue weighted by Crippen LogP contribution is -2.29. The van der Waals surface area contributed by atoms with Gasteiger partial charge in [-0.2, -0.15) is 0 Å². The third-order valence-electron chi connectivity index (χ3n) is 3.10. The van der Waals surface area contributed by atoms with Gasteiger partial charge in [-0.1, -0.05) is 47.5 Å². The molecule has 2 aromatic carbocycles. The highest BCUT2D eigenvalue weighted by Gasteiger charge is 2.11. The molecule has 0 spiro atoms. The zero-order valence-corrected chi connectivity index (χ0v) is 11.4. The molecule has 0 aliphatic carbocycles. The van der Waals surface area contributed by atoms with Crippen LogP contribution in [0.2, 0.25) is 5.02 Å². The molecule has 100 valence electrons. The molecule has 19 heavy (non-hydrogen) atoms. The predicted octanol–water partition coefficient (Wildman–Crippen LogP) is 3.53. The van der Waals surface area contributed by atoms with Crippen LogP contribution in [0.25, 0.3) is 0 Å². The first-order valence-electron chi connectivity index (χ1n) is 6.07. The Bertz CT molecular complexity index is 555. The topological polar surface area (TPSA) is 38.0 Å². The highest BCUT2D eigenvalue weighted by Crippen LogP contribution is 2.22. The largest absolute Gasteiger partial charge is 0.271 e. The molecule has 2 aromatic rings. The first-order valence-corrected chi connectivity index (χ1v) is 6.44. The highest BCUT2D eigenvalue weighted by molar-refractivity contribution is 6.30. The standard InChI is InChI=1S/C15H16ClFN2/c1-10-2-5-12(6-3-10)15(19-18)9-11-4-7-14(17)13(16)8-11/h2-8,15,19H,9,18H2,1H3. The Morgan fingerprint density at radius 1 is 1.21 bits per heavy atom. The SMILES string of the molecule is Cc1ccc(C(Cc2ccc(F)c(Cl)c2)NN)cc1. The van der Waals surface area contributed by atoms with Crippen molar-refractivity contribution in [1.29, 1.82) is 0 Å². The van der Waals surface area contributed by atoms with E-state index in [9.17, 15) is 4.39 Å². The Morgan fingerprint density at radius 2 is 1.89 bits per heavy atom. The van der Waals surface area contributed by atoms with Gasteiger partial charge in [0.15, 0.2) is 0 Å². The summed E-state index contributed by atoms with van der Waals surface area (Å²) in [5.74, 6) is 5.20. The summed E-state index contributed by atoms with van der Waals surface area (Å²) in [7, 11) is 0. The molecular formula is C15H16ClFN2. The molecule has 2 nitrogen and oxygen atoms in total. The van der Waals surface area contributed by atoms with Crippen LogP contribution < -0.4 is 11.3 Å². The van der Waals surface area contributed by atoms with Crippen molar-refractivity contribution in [2.75, 3.05) is 0 Å². The van der Waals surface area contributed by atoms with E-state index in [1.807, 2.05) is 31.2 Å². The van der Waals surface area contributed by atoms with Gasteiger partial charge in [-0.25, -0.2) is 4.39 Å². The first kappa shape index (κ1) is 14.0. The second-order valence-corrected chi connectivity index (χ2v) is 4.99. The van der Waals surface area contributed by atoms with Crippen LogP contribution in [0.15, 0.2) is 42.5 Å². The molecule has 3 N–H and O–H groups in total. The van der Waals surface area contributed by atoms with E-state index < -0.39 is 5.82 Å². The molecule has 2 rings (SSSR count).